The number of anilines is 2. The number of piperidine rings is 1. The van der Waals surface area contributed by atoms with Crippen molar-refractivity contribution in [2.24, 2.45) is 11.7 Å². The second-order valence-electron chi connectivity index (χ2n) is 6.32. The molecule has 0 saturated carbocycles. The van der Waals surface area contributed by atoms with Crippen molar-refractivity contribution in [2.45, 2.75) is 12.8 Å². The molecule has 136 valence electrons. The Kier molecular flexibility index (Phi) is 5.01. The number of likely N-dealkylation sites (tertiary alicyclic amines) is 1. The Morgan fingerprint density at radius 3 is 2.62 bits per heavy atom. The summed E-state index contributed by atoms with van der Waals surface area (Å²) in [5.41, 5.74) is 13.2. The fourth-order valence-corrected chi connectivity index (χ4v) is 3.10. The molecule has 0 unspecified atom stereocenters. The maximum absolute atomic E-state index is 12.7. The lowest BCUT2D eigenvalue weighted by molar-refractivity contribution is -0.123. The lowest BCUT2D eigenvalue weighted by Gasteiger charge is -2.31. The van der Waals surface area contributed by atoms with Crippen molar-refractivity contribution in [3.63, 3.8) is 0 Å². The number of aromatic nitrogens is 2. The lowest BCUT2D eigenvalue weighted by atomic mass is 9.96. The van der Waals surface area contributed by atoms with Crippen LogP contribution in [0, 0.1) is 5.92 Å². The number of rotatable bonds is 4. The molecule has 2 heterocycles. The summed E-state index contributed by atoms with van der Waals surface area (Å²) in [6.45, 7) is 1.02. The molecule has 0 radical (unpaired) electrons. The molecule has 3 rings (SSSR count). The number of nitrogen functional groups attached to an aromatic ring is 1. The van der Waals surface area contributed by atoms with E-state index in [1.54, 1.807) is 30.1 Å². The van der Waals surface area contributed by atoms with E-state index in [0.717, 1.165) is 18.4 Å². The maximum atomic E-state index is 12.7. The standard InChI is InChI=1S/C18H22N6O2/c1-21-15-9-14(22-18(20)23-15)11-4-6-12(7-5-11)17(26)24-8-2-3-13(10-24)16(19)25/h4-7,9,13H,2-3,8,10H2,1H3,(H2,19,25)(H3,20,21,22,23)/t13-/m1/s1. The van der Waals surface area contributed by atoms with Crippen molar-refractivity contribution in [3.05, 3.63) is 35.9 Å². The van der Waals surface area contributed by atoms with E-state index in [2.05, 4.69) is 15.3 Å². The van der Waals surface area contributed by atoms with Crippen LogP contribution in [0.4, 0.5) is 11.8 Å². The molecule has 1 atom stereocenters. The molecule has 1 aliphatic rings. The van der Waals surface area contributed by atoms with Crippen LogP contribution in [0.3, 0.4) is 0 Å². The molecule has 1 aliphatic heterocycles. The summed E-state index contributed by atoms with van der Waals surface area (Å²) in [4.78, 5) is 34.1. The molecule has 0 bridgehead atoms. The minimum atomic E-state index is -0.348. The normalized spacial score (nSPS) is 17.0. The molecule has 1 fully saturated rings. The molecular weight excluding hydrogens is 332 g/mol. The van der Waals surface area contributed by atoms with Gasteiger partial charge in [0.2, 0.25) is 11.9 Å². The third-order valence-corrected chi connectivity index (χ3v) is 4.54. The van der Waals surface area contributed by atoms with Crippen LogP contribution in [0.5, 0.6) is 0 Å². The Balaban J connectivity index is 1.78. The first-order chi connectivity index (χ1) is 12.5. The number of nitrogens with zero attached hydrogens (tertiary/aromatic N) is 3. The zero-order chi connectivity index (χ0) is 18.7. The van der Waals surface area contributed by atoms with Gasteiger partial charge in [0.1, 0.15) is 5.82 Å². The molecular formula is C18H22N6O2. The second kappa shape index (κ2) is 7.38. The number of hydrogen-bond acceptors (Lipinski definition) is 6. The van der Waals surface area contributed by atoms with E-state index in [-0.39, 0.29) is 23.7 Å². The molecule has 5 N–H and O–H groups in total. The van der Waals surface area contributed by atoms with Crippen molar-refractivity contribution in [1.82, 2.24) is 14.9 Å². The zero-order valence-corrected chi connectivity index (χ0v) is 14.6. The third-order valence-electron chi connectivity index (χ3n) is 4.54. The van der Waals surface area contributed by atoms with Gasteiger partial charge in [0, 0.05) is 37.3 Å². The second-order valence-corrected chi connectivity index (χ2v) is 6.32. The average molecular weight is 354 g/mol. The largest absolute Gasteiger partial charge is 0.373 e. The zero-order valence-electron chi connectivity index (χ0n) is 14.6. The van der Waals surface area contributed by atoms with Crippen LogP contribution < -0.4 is 16.8 Å². The molecule has 0 spiro atoms. The summed E-state index contributed by atoms with van der Waals surface area (Å²) in [5, 5.41) is 2.93. The Bertz CT molecular complexity index is 821. The summed E-state index contributed by atoms with van der Waals surface area (Å²) < 4.78 is 0. The SMILES string of the molecule is CNc1cc(-c2ccc(C(=O)N3CCC[C@@H](C(N)=O)C3)cc2)nc(N)n1. The van der Waals surface area contributed by atoms with Gasteiger partial charge in [0.05, 0.1) is 11.6 Å². The topological polar surface area (TPSA) is 127 Å². The van der Waals surface area contributed by atoms with Crippen LogP contribution in [-0.2, 0) is 4.79 Å². The first-order valence-electron chi connectivity index (χ1n) is 8.49. The Morgan fingerprint density at radius 1 is 1.23 bits per heavy atom. The van der Waals surface area contributed by atoms with Gasteiger partial charge in [-0.15, -0.1) is 0 Å². The van der Waals surface area contributed by atoms with Gasteiger partial charge < -0.3 is 21.7 Å². The number of carbonyl (C=O) groups excluding carboxylic acids is 2. The van der Waals surface area contributed by atoms with Crippen molar-refractivity contribution >= 4 is 23.6 Å². The van der Waals surface area contributed by atoms with E-state index in [0.29, 0.717) is 30.2 Å². The molecule has 1 aromatic carbocycles. The summed E-state index contributed by atoms with van der Waals surface area (Å²) in [6, 6.07) is 8.94. The number of benzene rings is 1. The van der Waals surface area contributed by atoms with Gasteiger partial charge in [-0.25, -0.2) is 4.98 Å². The van der Waals surface area contributed by atoms with E-state index in [4.69, 9.17) is 11.5 Å². The fraction of sp³-hybridized carbons (Fsp3) is 0.333. The van der Waals surface area contributed by atoms with Crippen LogP contribution in [0.15, 0.2) is 30.3 Å². The summed E-state index contributed by atoms with van der Waals surface area (Å²) in [5.74, 6) is 0.0901. The van der Waals surface area contributed by atoms with E-state index >= 15 is 0 Å². The van der Waals surface area contributed by atoms with Gasteiger partial charge in [-0.2, -0.15) is 4.98 Å². The monoisotopic (exact) mass is 354 g/mol. The Hall–Kier alpha value is -3.16. The molecule has 1 aromatic heterocycles. The van der Waals surface area contributed by atoms with Crippen molar-refractivity contribution < 1.29 is 9.59 Å². The fourth-order valence-electron chi connectivity index (χ4n) is 3.10. The van der Waals surface area contributed by atoms with E-state index in [1.165, 1.54) is 0 Å². The first kappa shape index (κ1) is 17.7. The lowest BCUT2D eigenvalue weighted by Crippen LogP contribution is -2.44. The highest BCUT2D eigenvalue weighted by Gasteiger charge is 2.27. The molecule has 1 saturated heterocycles. The van der Waals surface area contributed by atoms with Crippen molar-refractivity contribution in [3.8, 4) is 11.3 Å². The third kappa shape index (κ3) is 3.74. The molecule has 2 aromatic rings. The van der Waals surface area contributed by atoms with E-state index < -0.39 is 0 Å². The van der Waals surface area contributed by atoms with Gasteiger partial charge in [-0.05, 0) is 25.0 Å². The summed E-state index contributed by atoms with van der Waals surface area (Å²) in [7, 11) is 1.76. The predicted octanol–water partition coefficient (Wildman–Crippen LogP) is 1.10. The molecule has 2 amide bonds. The van der Waals surface area contributed by atoms with E-state index in [9.17, 15) is 9.59 Å². The smallest absolute Gasteiger partial charge is 0.253 e. The molecule has 0 aliphatic carbocycles. The van der Waals surface area contributed by atoms with Crippen molar-refractivity contribution in [1.29, 1.82) is 0 Å². The van der Waals surface area contributed by atoms with Crippen LogP contribution in [-0.4, -0.2) is 46.8 Å². The summed E-state index contributed by atoms with van der Waals surface area (Å²) in [6.07, 6.45) is 1.52. The van der Waals surface area contributed by atoms with E-state index in [1.807, 2.05) is 12.1 Å². The predicted molar refractivity (Wildman–Crippen MR) is 99.2 cm³/mol. The highest BCUT2D eigenvalue weighted by molar-refractivity contribution is 5.95. The van der Waals surface area contributed by atoms with Crippen LogP contribution >= 0.6 is 0 Å². The highest BCUT2D eigenvalue weighted by atomic mass is 16.2. The van der Waals surface area contributed by atoms with Gasteiger partial charge in [-0.3, -0.25) is 9.59 Å². The highest BCUT2D eigenvalue weighted by Crippen LogP contribution is 2.23. The molecule has 26 heavy (non-hydrogen) atoms. The van der Waals surface area contributed by atoms with Gasteiger partial charge in [0.25, 0.3) is 5.91 Å². The average Bonchev–Trinajstić information content (AvgIpc) is 2.67. The van der Waals surface area contributed by atoms with Crippen LogP contribution in [0.1, 0.15) is 23.2 Å². The number of nitrogens with one attached hydrogen (secondary N) is 1. The number of amides is 2. The maximum Gasteiger partial charge on any atom is 0.253 e. The minimum Gasteiger partial charge on any atom is -0.373 e. The quantitative estimate of drug-likeness (QED) is 0.754. The number of primary amides is 1. The Labute approximate surface area is 151 Å². The number of nitrogens with two attached hydrogens (primary N) is 2. The Morgan fingerprint density at radius 2 is 1.96 bits per heavy atom. The number of hydrogen-bond donors (Lipinski definition) is 3. The first-order valence-corrected chi connectivity index (χ1v) is 8.49. The van der Waals surface area contributed by atoms with Crippen LogP contribution in [0.25, 0.3) is 11.3 Å². The summed E-state index contributed by atoms with van der Waals surface area (Å²) >= 11 is 0. The van der Waals surface area contributed by atoms with Gasteiger partial charge in [-0.1, -0.05) is 12.1 Å². The molecule has 8 heteroatoms. The van der Waals surface area contributed by atoms with Crippen LogP contribution in [0.2, 0.25) is 0 Å². The molecule has 8 nitrogen and oxygen atoms in total. The van der Waals surface area contributed by atoms with Gasteiger partial charge in [0.15, 0.2) is 0 Å². The van der Waals surface area contributed by atoms with Gasteiger partial charge >= 0.3 is 0 Å². The minimum absolute atomic E-state index is 0.0967. The van der Waals surface area contributed by atoms with Crippen molar-refractivity contribution in [2.75, 3.05) is 31.2 Å². The number of carbonyl (C=O) groups is 2.